The van der Waals surface area contributed by atoms with Crippen LogP contribution in [-0.2, 0) is 4.74 Å². The summed E-state index contributed by atoms with van der Waals surface area (Å²) < 4.78 is 5.62. The van der Waals surface area contributed by atoms with Crippen molar-refractivity contribution in [1.29, 1.82) is 0 Å². The molecule has 0 aromatic rings. The van der Waals surface area contributed by atoms with E-state index in [-0.39, 0.29) is 0 Å². The molecular weight excluding hydrogens is 136 g/mol. The van der Waals surface area contributed by atoms with Crippen LogP contribution in [0.2, 0.25) is 0 Å². The van der Waals surface area contributed by atoms with E-state index in [4.69, 9.17) is 4.74 Å². The number of rotatable bonds is 0. The van der Waals surface area contributed by atoms with E-state index in [2.05, 4.69) is 13.8 Å². The molecule has 0 radical (unpaired) electrons. The van der Waals surface area contributed by atoms with Crippen molar-refractivity contribution >= 4 is 0 Å². The number of ether oxygens (including phenoxy) is 1. The molecule has 11 heavy (non-hydrogen) atoms. The van der Waals surface area contributed by atoms with Gasteiger partial charge in [0.25, 0.3) is 0 Å². The van der Waals surface area contributed by atoms with E-state index < -0.39 is 0 Å². The molecule has 4 rings (SSSR count). The third kappa shape index (κ3) is 0.581. The Balaban J connectivity index is 1.94. The second-order valence-electron chi connectivity index (χ2n) is 5.20. The molecule has 1 spiro atoms. The number of epoxide rings is 1. The van der Waals surface area contributed by atoms with E-state index >= 15 is 0 Å². The van der Waals surface area contributed by atoms with Gasteiger partial charge in [0.15, 0.2) is 0 Å². The Morgan fingerprint density at radius 3 is 2.45 bits per heavy atom. The monoisotopic (exact) mass is 152 g/mol. The fourth-order valence-electron chi connectivity index (χ4n) is 3.43. The Bertz CT molecular complexity index is 199. The van der Waals surface area contributed by atoms with Crippen molar-refractivity contribution in [3.8, 4) is 0 Å². The van der Waals surface area contributed by atoms with Crippen LogP contribution in [0.25, 0.3) is 0 Å². The first-order valence-electron chi connectivity index (χ1n) is 4.79. The smallest absolute Gasteiger partial charge is 0.0949 e. The summed E-state index contributed by atoms with van der Waals surface area (Å²) in [5.41, 5.74) is 0.993. The van der Waals surface area contributed by atoms with Crippen molar-refractivity contribution in [3.05, 3.63) is 0 Å². The summed E-state index contributed by atoms with van der Waals surface area (Å²) in [5, 5.41) is 0. The summed E-state index contributed by atoms with van der Waals surface area (Å²) >= 11 is 0. The highest BCUT2D eigenvalue weighted by Crippen LogP contribution is 2.67. The summed E-state index contributed by atoms with van der Waals surface area (Å²) in [6.45, 7) is 5.91. The van der Waals surface area contributed by atoms with E-state index in [1.54, 1.807) is 0 Å². The number of hydrogen-bond donors (Lipinski definition) is 0. The largest absolute Gasteiger partial charge is 0.369 e. The van der Waals surface area contributed by atoms with Crippen LogP contribution in [0.5, 0.6) is 0 Å². The molecule has 4 fully saturated rings. The molecule has 1 saturated heterocycles. The van der Waals surface area contributed by atoms with Crippen LogP contribution >= 0.6 is 0 Å². The van der Waals surface area contributed by atoms with Gasteiger partial charge in [-0.1, -0.05) is 13.8 Å². The first-order valence-corrected chi connectivity index (χ1v) is 4.79. The Morgan fingerprint density at radius 1 is 1.36 bits per heavy atom. The normalized spacial score (nSPS) is 57.3. The van der Waals surface area contributed by atoms with Crippen LogP contribution in [0.15, 0.2) is 0 Å². The minimum Gasteiger partial charge on any atom is -0.369 e. The maximum atomic E-state index is 5.62. The van der Waals surface area contributed by atoms with Crippen molar-refractivity contribution in [2.75, 3.05) is 6.61 Å². The van der Waals surface area contributed by atoms with Crippen molar-refractivity contribution < 1.29 is 4.74 Å². The van der Waals surface area contributed by atoms with Crippen LogP contribution in [0, 0.1) is 17.3 Å². The number of hydrogen-bond acceptors (Lipinski definition) is 1. The van der Waals surface area contributed by atoms with Gasteiger partial charge in [0.1, 0.15) is 0 Å². The van der Waals surface area contributed by atoms with Gasteiger partial charge in [0, 0.05) is 0 Å². The first-order chi connectivity index (χ1) is 5.15. The van der Waals surface area contributed by atoms with Gasteiger partial charge in [0.2, 0.25) is 0 Å². The van der Waals surface area contributed by atoms with E-state index in [1.807, 2.05) is 0 Å². The van der Waals surface area contributed by atoms with Crippen molar-refractivity contribution in [3.63, 3.8) is 0 Å². The van der Waals surface area contributed by atoms with Crippen LogP contribution < -0.4 is 0 Å². The Morgan fingerprint density at radius 2 is 2.09 bits per heavy atom. The highest BCUT2D eigenvalue weighted by Gasteiger charge is 2.67. The molecule has 1 heterocycles. The average molecular weight is 152 g/mol. The lowest BCUT2D eigenvalue weighted by atomic mass is 9.45. The average Bonchev–Trinajstić information content (AvgIpc) is 2.69. The topological polar surface area (TPSA) is 12.5 Å². The standard InChI is InChI=1S/C10H16O/c1-9(2)7-3-4-10(6-11-10)8(9)5-7/h7-8H,3-6H2,1-2H3/t7-,8+,10-/m0/s1. The lowest BCUT2D eigenvalue weighted by Gasteiger charge is -2.59. The Kier molecular flexibility index (Phi) is 0.893. The predicted octanol–water partition coefficient (Wildman–Crippen LogP) is 2.21. The summed E-state index contributed by atoms with van der Waals surface area (Å²) in [6, 6.07) is 0. The fourth-order valence-corrected chi connectivity index (χ4v) is 3.43. The number of fused-ring (bicyclic) bond motifs is 1. The zero-order valence-electron chi connectivity index (χ0n) is 7.39. The summed E-state index contributed by atoms with van der Waals surface area (Å²) in [7, 11) is 0. The minimum atomic E-state index is 0.387. The molecule has 1 aliphatic heterocycles. The molecule has 62 valence electrons. The molecule has 0 aromatic heterocycles. The maximum absolute atomic E-state index is 5.62. The SMILES string of the molecule is CC1(C)[C@H]2CC[C@]3(CO3)[C@@H]1C2. The van der Waals surface area contributed by atoms with Gasteiger partial charge in [-0.3, -0.25) is 0 Å². The molecule has 2 bridgehead atoms. The van der Waals surface area contributed by atoms with Gasteiger partial charge in [-0.15, -0.1) is 0 Å². The molecule has 0 N–H and O–H groups in total. The molecule has 3 saturated carbocycles. The third-order valence-corrected chi connectivity index (χ3v) is 4.54. The zero-order chi connectivity index (χ0) is 7.69. The maximum Gasteiger partial charge on any atom is 0.0949 e. The molecule has 4 aliphatic rings. The van der Waals surface area contributed by atoms with Crippen molar-refractivity contribution in [2.45, 2.75) is 38.7 Å². The lowest BCUT2D eigenvalue weighted by molar-refractivity contribution is -0.115. The van der Waals surface area contributed by atoms with E-state index in [0.29, 0.717) is 11.0 Å². The van der Waals surface area contributed by atoms with Crippen molar-refractivity contribution in [2.24, 2.45) is 17.3 Å². The summed E-state index contributed by atoms with van der Waals surface area (Å²) in [4.78, 5) is 0. The second kappa shape index (κ2) is 1.52. The molecule has 3 atom stereocenters. The van der Waals surface area contributed by atoms with E-state index in [0.717, 1.165) is 18.4 Å². The molecule has 3 aliphatic carbocycles. The zero-order valence-corrected chi connectivity index (χ0v) is 7.39. The molecule has 1 nitrogen and oxygen atoms in total. The van der Waals surface area contributed by atoms with Crippen LogP contribution in [0.4, 0.5) is 0 Å². The van der Waals surface area contributed by atoms with E-state index in [9.17, 15) is 0 Å². The van der Waals surface area contributed by atoms with Gasteiger partial charge in [-0.25, -0.2) is 0 Å². The van der Waals surface area contributed by atoms with Crippen LogP contribution in [0.1, 0.15) is 33.1 Å². The van der Waals surface area contributed by atoms with E-state index in [1.165, 1.54) is 19.3 Å². The van der Waals surface area contributed by atoms with Gasteiger partial charge < -0.3 is 4.74 Å². The van der Waals surface area contributed by atoms with Gasteiger partial charge in [-0.05, 0) is 36.5 Å². The minimum absolute atomic E-state index is 0.387. The highest BCUT2D eigenvalue weighted by atomic mass is 16.6. The van der Waals surface area contributed by atoms with Gasteiger partial charge in [-0.2, -0.15) is 0 Å². The second-order valence-corrected chi connectivity index (χ2v) is 5.20. The third-order valence-electron chi connectivity index (χ3n) is 4.54. The molecule has 1 heteroatoms. The summed E-state index contributed by atoms with van der Waals surface area (Å²) in [5.74, 6) is 1.91. The molecule has 0 amide bonds. The lowest BCUT2D eigenvalue weighted by Crippen LogP contribution is -2.56. The molecule has 0 aromatic carbocycles. The Labute approximate surface area is 68.1 Å². The van der Waals surface area contributed by atoms with Crippen LogP contribution in [-0.4, -0.2) is 12.2 Å². The first kappa shape index (κ1) is 6.47. The van der Waals surface area contributed by atoms with Gasteiger partial charge >= 0.3 is 0 Å². The van der Waals surface area contributed by atoms with Gasteiger partial charge in [0.05, 0.1) is 12.2 Å². The predicted molar refractivity (Wildman–Crippen MR) is 43.3 cm³/mol. The van der Waals surface area contributed by atoms with Crippen molar-refractivity contribution in [1.82, 2.24) is 0 Å². The fraction of sp³-hybridized carbons (Fsp3) is 1.00. The molecule has 0 unspecified atom stereocenters. The highest BCUT2D eigenvalue weighted by molar-refractivity contribution is 5.15. The summed E-state index contributed by atoms with van der Waals surface area (Å²) in [6.07, 6.45) is 4.22. The molecular formula is C10H16O. The van der Waals surface area contributed by atoms with Crippen LogP contribution in [0.3, 0.4) is 0 Å². The Hall–Kier alpha value is -0.0400. The quantitative estimate of drug-likeness (QED) is 0.485.